The smallest absolute Gasteiger partial charge is 0.339 e. The summed E-state index contributed by atoms with van der Waals surface area (Å²) in [7, 11) is 0. The second kappa shape index (κ2) is 6.30. The minimum Gasteiger partial charge on any atom is -0.478 e. The molecule has 0 unspecified atom stereocenters. The van der Waals surface area contributed by atoms with Gasteiger partial charge in [-0.25, -0.2) is 4.79 Å². The predicted molar refractivity (Wildman–Crippen MR) is 79.7 cm³/mol. The van der Waals surface area contributed by atoms with Crippen molar-refractivity contribution in [3.8, 4) is 29.1 Å². The molecule has 116 valence electrons. The Hall–Kier alpha value is -3.17. The summed E-state index contributed by atoms with van der Waals surface area (Å²) in [6.07, 6.45) is 0. The van der Waals surface area contributed by atoms with Gasteiger partial charge in [0, 0.05) is 11.1 Å². The number of aliphatic hydroxyl groups is 1. The minimum atomic E-state index is -1.14. The van der Waals surface area contributed by atoms with E-state index < -0.39 is 12.8 Å². The fraction of sp³-hybridized carbons (Fsp3) is 0.118. The van der Waals surface area contributed by atoms with Crippen LogP contribution in [0.15, 0.2) is 36.4 Å². The molecule has 0 radical (unpaired) electrons. The second-order valence-electron chi connectivity index (χ2n) is 4.61. The van der Waals surface area contributed by atoms with Crippen molar-refractivity contribution in [3.63, 3.8) is 0 Å². The molecule has 0 fully saturated rings. The molecule has 6 nitrogen and oxygen atoms in total. The van der Waals surface area contributed by atoms with E-state index in [1.54, 1.807) is 24.3 Å². The molecule has 2 N–H and O–H groups in total. The summed E-state index contributed by atoms with van der Waals surface area (Å²) < 4.78 is 15.4. The van der Waals surface area contributed by atoms with Crippen molar-refractivity contribution in [2.45, 2.75) is 0 Å². The molecule has 1 heterocycles. The van der Waals surface area contributed by atoms with Crippen LogP contribution < -0.4 is 14.2 Å². The van der Waals surface area contributed by atoms with Crippen LogP contribution >= 0.6 is 0 Å². The van der Waals surface area contributed by atoms with E-state index in [0.717, 1.165) is 5.56 Å². The van der Waals surface area contributed by atoms with Crippen LogP contribution in [0, 0.1) is 11.8 Å². The van der Waals surface area contributed by atoms with Crippen molar-refractivity contribution in [2.24, 2.45) is 0 Å². The fourth-order valence-electron chi connectivity index (χ4n) is 2.08. The Bertz CT molecular complexity index is 816. The highest BCUT2D eigenvalue weighted by atomic mass is 16.7. The van der Waals surface area contributed by atoms with Crippen molar-refractivity contribution < 1.29 is 29.2 Å². The molecule has 2 aromatic carbocycles. The van der Waals surface area contributed by atoms with Gasteiger partial charge in [0.25, 0.3) is 0 Å². The van der Waals surface area contributed by atoms with Gasteiger partial charge in [-0.15, -0.1) is 0 Å². The van der Waals surface area contributed by atoms with Gasteiger partial charge >= 0.3 is 5.97 Å². The number of rotatable bonds is 3. The van der Waals surface area contributed by atoms with Crippen LogP contribution in [0.3, 0.4) is 0 Å². The van der Waals surface area contributed by atoms with Crippen LogP contribution in [0.5, 0.6) is 17.2 Å². The maximum absolute atomic E-state index is 11.1. The van der Waals surface area contributed by atoms with Crippen LogP contribution in [-0.4, -0.2) is 29.8 Å². The molecule has 0 atom stereocenters. The summed E-state index contributed by atoms with van der Waals surface area (Å²) in [5, 5.41) is 17.9. The maximum Gasteiger partial charge on any atom is 0.339 e. The lowest BCUT2D eigenvalue weighted by molar-refractivity contribution is 0.0674. The normalized spacial score (nSPS) is 11.5. The molecular weight excluding hydrogens is 300 g/mol. The van der Waals surface area contributed by atoms with E-state index in [9.17, 15) is 4.79 Å². The van der Waals surface area contributed by atoms with Crippen LogP contribution in [0.25, 0.3) is 0 Å². The Morgan fingerprint density at radius 1 is 1.09 bits per heavy atom. The van der Waals surface area contributed by atoms with E-state index in [0.29, 0.717) is 17.1 Å². The number of carboxylic acids is 1. The number of carbonyl (C=O) groups is 1. The first-order valence-electron chi connectivity index (χ1n) is 6.70. The van der Waals surface area contributed by atoms with Crippen molar-refractivity contribution in [1.82, 2.24) is 0 Å². The Kier molecular flexibility index (Phi) is 4.04. The highest BCUT2D eigenvalue weighted by Gasteiger charge is 2.13. The number of benzene rings is 2. The van der Waals surface area contributed by atoms with Gasteiger partial charge in [0.05, 0.1) is 0 Å². The zero-order valence-electron chi connectivity index (χ0n) is 11.9. The third kappa shape index (κ3) is 3.20. The first-order valence-corrected chi connectivity index (χ1v) is 6.70. The molecule has 2 aromatic rings. The molecular formula is C17H12O6. The Balaban J connectivity index is 1.88. The number of carboxylic acid groups (broad SMARTS) is 1. The monoisotopic (exact) mass is 312 g/mol. The quantitative estimate of drug-likeness (QED) is 0.664. The number of aliphatic hydroxyl groups excluding tert-OH is 1. The van der Waals surface area contributed by atoms with Crippen molar-refractivity contribution in [2.75, 3.05) is 13.6 Å². The summed E-state index contributed by atoms with van der Waals surface area (Å²) >= 11 is 0. The van der Waals surface area contributed by atoms with Gasteiger partial charge in [-0.05, 0) is 36.4 Å². The molecule has 0 spiro atoms. The van der Waals surface area contributed by atoms with Gasteiger partial charge in [0.2, 0.25) is 6.79 Å². The van der Waals surface area contributed by atoms with Crippen molar-refractivity contribution in [1.29, 1.82) is 0 Å². The van der Waals surface area contributed by atoms with Gasteiger partial charge < -0.3 is 24.4 Å². The second-order valence-corrected chi connectivity index (χ2v) is 4.61. The lowest BCUT2D eigenvalue weighted by atomic mass is 10.1. The number of aromatic carboxylic acids is 1. The molecule has 0 aliphatic carbocycles. The molecule has 0 bridgehead atoms. The van der Waals surface area contributed by atoms with E-state index in [1.165, 1.54) is 12.1 Å². The number of hydrogen-bond donors (Lipinski definition) is 2. The van der Waals surface area contributed by atoms with Crippen molar-refractivity contribution >= 4 is 5.97 Å². The Morgan fingerprint density at radius 2 is 1.78 bits per heavy atom. The Morgan fingerprint density at radius 3 is 2.52 bits per heavy atom. The molecule has 1 aliphatic rings. The SMILES string of the molecule is O=C(O)c1ccc(C#Cc2ccc3c(c2)OCO3)cc1OCO. The number of hydrogen-bond acceptors (Lipinski definition) is 5. The number of ether oxygens (including phenoxy) is 3. The third-order valence-corrected chi connectivity index (χ3v) is 3.16. The highest BCUT2D eigenvalue weighted by molar-refractivity contribution is 5.91. The van der Waals surface area contributed by atoms with E-state index in [1.807, 2.05) is 0 Å². The first-order chi connectivity index (χ1) is 11.2. The van der Waals surface area contributed by atoms with Crippen LogP contribution in [0.1, 0.15) is 21.5 Å². The average Bonchev–Trinajstić information content (AvgIpc) is 3.01. The van der Waals surface area contributed by atoms with Gasteiger partial charge in [0.1, 0.15) is 11.3 Å². The summed E-state index contributed by atoms with van der Waals surface area (Å²) in [6, 6.07) is 9.79. The molecule has 0 amide bonds. The maximum atomic E-state index is 11.1. The lowest BCUT2D eigenvalue weighted by Gasteiger charge is -2.06. The van der Waals surface area contributed by atoms with E-state index in [-0.39, 0.29) is 18.1 Å². The highest BCUT2D eigenvalue weighted by Crippen LogP contribution is 2.32. The third-order valence-electron chi connectivity index (χ3n) is 3.16. The van der Waals surface area contributed by atoms with Gasteiger partial charge in [0.15, 0.2) is 18.3 Å². The van der Waals surface area contributed by atoms with Crippen molar-refractivity contribution in [3.05, 3.63) is 53.1 Å². The standard InChI is InChI=1S/C17H12O6/c18-9-21-15-7-11(3-5-13(15)17(19)20)1-2-12-4-6-14-16(8-12)23-10-22-14/h3-8,18H,9-10H2,(H,19,20). The van der Waals surface area contributed by atoms with E-state index >= 15 is 0 Å². The zero-order valence-corrected chi connectivity index (χ0v) is 11.9. The molecule has 3 rings (SSSR count). The van der Waals surface area contributed by atoms with Gasteiger partial charge in [-0.1, -0.05) is 11.8 Å². The van der Waals surface area contributed by atoms with Crippen LogP contribution in [0.2, 0.25) is 0 Å². The molecule has 23 heavy (non-hydrogen) atoms. The topological polar surface area (TPSA) is 85.2 Å². The van der Waals surface area contributed by atoms with Gasteiger partial charge in [-0.2, -0.15) is 0 Å². The summed E-state index contributed by atoms with van der Waals surface area (Å²) in [6.45, 7) is -0.413. The fourth-order valence-corrected chi connectivity index (χ4v) is 2.08. The summed E-state index contributed by atoms with van der Waals surface area (Å²) in [5.41, 5.74) is 1.27. The molecule has 0 saturated carbocycles. The van der Waals surface area contributed by atoms with Gasteiger partial charge in [-0.3, -0.25) is 0 Å². The van der Waals surface area contributed by atoms with Crippen LogP contribution in [0.4, 0.5) is 0 Å². The predicted octanol–water partition coefficient (Wildman–Crippen LogP) is 1.84. The molecule has 0 saturated heterocycles. The zero-order chi connectivity index (χ0) is 16.2. The molecule has 0 aromatic heterocycles. The summed E-state index contributed by atoms with van der Waals surface area (Å²) in [5.74, 6) is 6.13. The Labute approximate surface area is 131 Å². The summed E-state index contributed by atoms with van der Waals surface area (Å²) in [4.78, 5) is 11.1. The largest absolute Gasteiger partial charge is 0.478 e. The number of fused-ring (bicyclic) bond motifs is 1. The average molecular weight is 312 g/mol. The molecule has 1 aliphatic heterocycles. The molecule has 6 heteroatoms. The van der Waals surface area contributed by atoms with E-state index in [4.69, 9.17) is 24.4 Å². The minimum absolute atomic E-state index is 0.0346. The lowest BCUT2D eigenvalue weighted by Crippen LogP contribution is -2.04. The first kappa shape index (κ1) is 14.8. The van der Waals surface area contributed by atoms with Crippen LogP contribution in [-0.2, 0) is 0 Å². The van der Waals surface area contributed by atoms with E-state index in [2.05, 4.69) is 11.8 Å².